The number of benzene rings is 2. The van der Waals surface area contributed by atoms with Gasteiger partial charge >= 0.3 is 0 Å². The molecule has 28 heavy (non-hydrogen) atoms. The minimum Gasteiger partial charge on any atom is -0.508 e. The summed E-state index contributed by atoms with van der Waals surface area (Å²) in [7, 11) is 0. The summed E-state index contributed by atoms with van der Waals surface area (Å²) in [6, 6.07) is 12.4. The molecule has 0 heterocycles. The Labute approximate surface area is 165 Å². The number of aryl methyl sites for hydroxylation is 1. The first-order valence-corrected chi connectivity index (χ1v) is 10.4. The van der Waals surface area contributed by atoms with Crippen LogP contribution in [-0.4, -0.2) is 16.3 Å². The van der Waals surface area contributed by atoms with Crippen LogP contribution in [0, 0.1) is 23.1 Å². The molecule has 2 fully saturated rings. The van der Waals surface area contributed by atoms with Crippen molar-refractivity contribution in [1.29, 1.82) is 0 Å². The predicted octanol–water partition coefficient (Wildman–Crippen LogP) is 5.44. The molecule has 0 unspecified atom stereocenters. The van der Waals surface area contributed by atoms with Crippen molar-refractivity contribution in [2.24, 2.45) is 17.3 Å². The summed E-state index contributed by atoms with van der Waals surface area (Å²) in [6.45, 7) is 2.26. The molecule has 2 aromatic rings. The third-order valence-corrected chi connectivity index (χ3v) is 7.80. The first kappa shape index (κ1) is 17.9. The van der Waals surface area contributed by atoms with Gasteiger partial charge in [0, 0.05) is 5.41 Å². The Morgan fingerprint density at radius 2 is 1.89 bits per heavy atom. The van der Waals surface area contributed by atoms with E-state index in [9.17, 15) is 14.6 Å². The maximum atomic E-state index is 13.2. The van der Waals surface area contributed by atoms with Gasteiger partial charge in [-0.15, -0.1) is 0 Å². The number of rotatable bonds is 1. The molecule has 2 N–H and O–H groups in total. The number of aromatic hydroxyl groups is 1. The maximum absolute atomic E-state index is 13.2. The molecule has 3 heteroatoms. The van der Waals surface area contributed by atoms with Gasteiger partial charge in [-0.05, 0) is 96.4 Å². The van der Waals surface area contributed by atoms with E-state index < -0.39 is 6.10 Å². The second kappa shape index (κ2) is 6.45. The number of aliphatic hydroxyl groups excluding tert-OH is 1. The minimum atomic E-state index is -0.426. The van der Waals surface area contributed by atoms with Crippen LogP contribution >= 0.6 is 0 Å². The van der Waals surface area contributed by atoms with Crippen LogP contribution in [0.5, 0.6) is 5.75 Å². The van der Waals surface area contributed by atoms with Gasteiger partial charge in [-0.2, -0.15) is 0 Å². The van der Waals surface area contributed by atoms with E-state index in [4.69, 9.17) is 0 Å². The molecule has 2 aromatic carbocycles. The van der Waals surface area contributed by atoms with E-state index in [0.29, 0.717) is 23.5 Å². The van der Waals surface area contributed by atoms with Gasteiger partial charge in [0.15, 0.2) is 0 Å². The number of aliphatic hydroxyl groups is 1. The number of halogens is 1. The Morgan fingerprint density at radius 3 is 2.68 bits per heavy atom. The van der Waals surface area contributed by atoms with Crippen molar-refractivity contribution < 1.29 is 14.6 Å². The predicted molar refractivity (Wildman–Crippen MR) is 108 cm³/mol. The molecule has 2 saturated carbocycles. The zero-order chi connectivity index (χ0) is 19.5. The third kappa shape index (κ3) is 2.71. The van der Waals surface area contributed by atoms with E-state index in [1.165, 1.54) is 23.3 Å². The highest BCUT2D eigenvalue weighted by Crippen LogP contribution is 2.62. The van der Waals surface area contributed by atoms with Crippen molar-refractivity contribution in [1.82, 2.24) is 0 Å². The monoisotopic (exact) mass is 378 g/mol. The van der Waals surface area contributed by atoms with E-state index in [2.05, 4.69) is 19.1 Å². The Bertz CT molecular complexity index is 932. The molecule has 0 amide bonds. The van der Waals surface area contributed by atoms with Crippen molar-refractivity contribution in [2.75, 3.05) is 0 Å². The molecule has 0 radical (unpaired) electrons. The topological polar surface area (TPSA) is 40.5 Å². The van der Waals surface area contributed by atoms with Gasteiger partial charge in [-0.3, -0.25) is 0 Å². The van der Waals surface area contributed by atoms with Crippen molar-refractivity contribution >= 4 is 6.08 Å². The molecule has 2 nitrogen and oxygen atoms in total. The lowest BCUT2D eigenvalue weighted by atomic mass is 9.55. The van der Waals surface area contributed by atoms with Gasteiger partial charge in [0.05, 0.1) is 6.10 Å². The Morgan fingerprint density at radius 1 is 1.11 bits per heavy atom. The fraction of sp³-hybridized carbons (Fsp3) is 0.440. The molecule has 146 valence electrons. The van der Waals surface area contributed by atoms with Crippen LogP contribution in [0.1, 0.15) is 55.2 Å². The van der Waals surface area contributed by atoms with Crippen LogP contribution < -0.4 is 0 Å². The largest absolute Gasteiger partial charge is 0.508 e. The number of phenolic OH excluding ortho intramolecular Hbond substituents is 1. The van der Waals surface area contributed by atoms with Gasteiger partial charge in [0.1, 0.15) is 11.6 Å². The first-order valence-electron chi connectivity index (χ1n) is 10.4. The van der Waals surface area contributed by atoms with E-state index >= 15 is 0 Å². The van der Waals surface area contributed by atoms with Crippen LogP contribution in [0.3, 0.4) is 0 Å². The Kier molecular flexibility index (Phi) is 4.13. The minimum absolute atomic E-state index is 0.0819. The van der Waals surface area contributed by atoms with Crippen LogP contribution in [0.2, 0.25) is 0 Å². The zero-order valence-corrected chi connectivity index (χ0v) is 16.2. The average molecular weight is 378 g/mol. The molecule has 0 aliphatic heterocycles. The maximum Gasteiger partial charge on any atom is 0.123 e. The summed E-state index contributed by atoms with van der Waals surface area (Å²) >= 11 is 0. The summed E-state index contributed by atoms with van der Waals surface area (Å²) in [4.78, 5) is 0. The third-order valence-electron chi connectivity index (χ3n) is 7.80. The number of fused-ring (bicyclic) bond motifs is 5. The Balaban J connectivity index is 1.47. The number of hydrogen-bond acceptors (Lipinski definition) is 2. The summed E-state index contributed by atoms with van der Waals surface area (Å²) < 4.78 is 13.2. The average Bonchev–Trinajstić information content (AvgIpc) is 2.94. The van der Waals surface area contributed by atoms with Crippen molar-refractivity contribution in [3.63, 3.8) is 0 Å². The van der Waals surface area contributed by atoms with E-state index in [0.717, 1.165) is 43.2 Å². The van der Waals surface area contributed by atoms with Gasteiger partial charge in [0.2, 0.25) is 0 Å². The van der Waals surface area contributed by atoms with E-state index in [1.54, 1.807) is 12.1 Å². The van der Waals surface area contributed by atoms with Gasteiger partial charge < -0.3 is 10.2 Å². The molecule has 3 aliphatic rings. The summed E-state index contributed by atoms with van der Waals surface area (Å²) in [5.41, 5.74) is 4.67. The van der Waals surface area contributed by atoms with Crippen LogP contribution in [0.4, 0.5) is 4.39 Å². The second-order valence-electron chi connectivity index (χ2n) is 9.22. The summed E-state index contributed by atoms with van der Waals surface area (Å²) in [5.74, 6) is 1.70. The lowest BCUT2D eigenvalue weighted by Crippen LogP contribution is -2.44. The number of hydrogen-bond donors (Lipinski definition) is 2. The smallest absolute Gasteiger partial charge is 0.123 e. The summed E-state index contributed by atoms with van der Waals surface area (Å²) in [5, 5.41) is 21.0. The fourth-order valence-corrected chi connectivity index (χ4v) is 6.34. The molecule has 5 rings (SSSR count). The molecule has 3 aliphatic carbocycles. The quantitative estimate of drug-likeness (QED) is 0.693. The molecule has 0 aromatic heterocycles. The zero-order valence-electron chi connectivity index (χ0n) is 16.2. The standard InChI is InChI=1S/C25H27FO2/c1-25-11-10-21-20-9-7-19(27)13-16(20)4-8-22(21)23(25)14-17(24(25)28)12-15-2-5-18(26)6-3-15/h2-3,5-7,9,12-13,21-24,27-28H,4,8,10-11,14H2,1H3/t21-,22-,23+,24+,25+/m1/s1. The highest BCUT2D eigenvalue weighted by Gasteiger charge is 2.56. The number of phenols is 1. The highest BCUT2D eigenvalue weighted by atomic mass is 19.1. The summed E-state index contributed by atoms with van der Waals surface area (Å²) in [6.07, 6.45) is 6.80. The van der Waals surface area contributed by atoms with Crippen LogP contribution in [0.15, 0.2) is 48.0 Å². The van der Waals surface area contributed by atoms with Gasteiger partial charge in [-0.1, -0.05) is 31.2 Å². The van der Waals surface area contributed by atoms with Gasteiger partial charge in [-0.25, -0.2) is 4.39 Å². The highest BCUT2D eigenvalue weighted by molar-refractivity contribution is 5.55. The van der Waals surface area contributed by atoms with E-state index in [1.807, 2.05) is 12.1 Å². The van der Waals surface area contributed by atoms with Crippen LogP contribution in [-0.2, 0) is 6.42 Å². The van der Waals surface area contributed by atoms with Crippen LogP contribution in [0.25, 0.3) is 6.08 Å². The first-order chi connectivity index (χ1) is 13.5. The molecular weight excluding hydrogens is 351 g/mol. The Hall–Kier alpha value is -2.13. The van der Waals surface area contributed by atoms with Gasteiger partial charge in [0.25, 0.3) is 0 Å². The lowest BCUT2D eigenvalue weighted by Gasteiger charge is -2.49. The normalized spacial score (nSPS) is 35.3. The second-order valence-corrected chi connectivity index (χ2v) is 9.22. The molecule has 0 saturated heterocycles. The van der Waals surface area contributed by atoms with Crippen molar-refractivity contribution in [3.8, 4) is 5.75 Å². The fourth-order valence-electron chi connectivity index (χ4n) is 6.34. The SMILES string of the molecule is C[C@]12CC[C@@H]3c4ccc(O)cc4CC[C@H]3[C@@H]1CC(=Cc1ccc(F)cc1)[C@@H]2O. The van der Waals surface area contributed by atoms with E-state index in [-0.39, 0.29) is 11.2 Å². The lowest BCUT2D eigenvalue weighted by molar-refractivity contribution is -0.0158. The molecule has 5 atom stereocenters. The van der Waals surface area contributed by atoms with Crippen molar-refractivity contribution in [3.05, 3.63) is 70.5 Å². The molecular formula is C25H27FO2. The van der Waals surface area contributed by atoms with Crippen molar-refractivity contribution in [2.45, 2.75) is 51.0 Å². The molecule has 0 spiro atoms. The molecule has 0 bridgehead atoms.